The summed E-state index contributed by atoms with van der Waals surface area (Å²) in [7, 11) is -5.04. The van der Waals surface area contributed by atoms with Gasteiger partial charge in [0, 0.05) is 17.1 Å². The highest BCUT2D eigenvalue weighted by Crippen LogP contribution is 2.50. The Morgan fingerprint density at radius 2 is 1.06 bits per heavy atom. The minimum atomic E-state index is -5.04. The second-order valence-electron chi connectivity index (χ2n) is 6.83. The first kappa shape index (κ1) is 36.0. The first-order valence-electron chi connectivity index (χ1n) is 8.77. The molecule has 0 amide bonds. The molecular weight excluding hydrogens is 789 g/mol. The van der Waals surface area contributed by atoms with Crippen molar-refractivity contribution in [3.05, 3.63) is 0 Å². The van der Waals surface area contributed by atoms with Crippen molar-refractivity contribution in [2.45, 2.75) is 66.3 Å². The first-order chi connectivity index (χ1) is 14.6. The predicted molar refractivity (Wildman–Crippen MR) is 150 cm³/mol. The van der Waals surface area contributed by atoms with E-state index in [1.54, 1.807) is 0 Å². The van der Waals surface area contributed by atoms with Crippen molar-refractivity contribution < 1.29 is 18.9 Å². The van der Waals surface area contributed by atoms with Crippen molar-refractivity contribution >= 4 is 156 Å². The van der Waals surface area contributed by atoms with Gasteiger partial charge in [0.25, 0.3) is 0 Å². The zero-order valence-corrected chi connectivity index (χ0v) is 27.6. The number of hydrogen-bond donors (Lipinski definition) is 2. The van der Waals surface area contributed by atoms with E-state index in [0.29, 0.717) is 0 Å². The molecule has 194 valence electrons. The van der Waals surface area contributed by atoms with Gasteiger partial charge in [-0.05, 0) is 12.8 Å². The van der Waals surface area contributed by atoms with Crippen LogP contribution in [0.2, 0.25) is 0 Å². The molecule has 0 saturated carbocycles. The molecule has 17 heteroatoms. The number of phosphoric ester groups is 1. The summed E-state index contributed by atoms with van der Waals surface area (Å²) in [6.07, 6.45) is -0.381. The molecule has 0 bridgehead atoms. The molecule has 0 aromatic heterocycles. The maximum atomic E-state index is 11.9. The van der Waals surface area contributed by atoms with Crippen LogP contribution in [0.3, 0.4) is 0 Å². The molecule has 32 heavy (non-hydrogen) atoms. The van der Waals surface area contributed by atoms with Crippen molar-refractivity contribution in [1.29, 1.82) is 0 Å². The SMILES string of the molecule is O=P(O)(O)OC(CC(Cl)C(Cl)C(Cl)C(Cl)CCl)(CC(Cl)C(Cl)C(Cl)C(Cl)CCl)C(Br)CBr. The molecule has 0 fully saturated rings. The summed E-state index contributed by atoms with van der Waals surface area (Å²) < 4.78 is 17.2. The molecule has 0 aliphatic carbocycles. The van der Waals surface area contributed by atoms with Crippen molar-refractivity contribution in [2.75, 3.05) is 17.1 Å². The monoisotopic (exact) mass is 804 g/mol. The van der Waals surface area contributed by atoms with Gasteiger partial charge < -0.3 is 9.79 Å². The molecule has 0 saturated heterocycles. The molecule has 0 heterocycles. The van der Waals surface area contributed by atoms with Crippen LogP contribution in [0, 0.1) is 0 Å². The van der Waals surface area contributed by atoms with Gasteiger partial charge in [0.1, 0.15) is 0 Å². The molecule has 0 aliphatic heterocycles. The highest BCUT2D eigenvalue weighted by atomic mass is 79.9. The molecule has 0 aliphatic rings. The largest absolute Gasteiger partial charge is 0.470 e. The van der Waals surface area contributed by atoms with Gasteiger partial charge in [-0.1, -0.05) is 31.9 Å². The van der Waals surface area contributed by atoms with E-state index < -0.39 is 61.3 Å². The van der Waals surface area contributed by atoms with Crippen LogP contribution in [0.5, 0.6) is 0 Å². The van der Waals surface area contributed by atoms with Crippen LogP contribution < -0.4 is 0 Å². The Morgan fingerprint density at radius 3 is 1.31 bits per heavy atom. The van der Waals surface area contributed by atoms with Crippen molar-refractivity contribution in [1.82, 2.24) is 0 Å². The van der Waals surface area contributed by atoms with Crippen LogP contribution in [-0.4, -0.2) is 80.3 Å². The fourth-order valence-corrected chi connectivity index (χ4v) is 7.73. The normalized spacial score (nSPS) is 23.3. The Bertz CT molecular complexity index is 564. The standard InChI is InChI=1S/C15H21Br2Cl10O4P/c16-3-10(17)15(31-32(28,29)30,1-6(20)11(24)13(26)8(22)4-18)2-7(21)12(25)14(27)9(23)5-19/h6-14H,1-5H2,(H2,28,29,30). The summed E-state index contributed by atoms with van der Waals surface area (Å²) in [5, 5.41) is -6.65. The van der Waals surface area contributed by atoms with E-state index in [2.05, 4.69) is 31.9 Å². The third-order valence-corrected chi connectivity index (χ3v) is 13.4. The van der Waals surface area contributed by atoms with Crippen LogP contribution in [0.25, 0.3) is 0 Å². The minimum Gasteiger partial charge on any atom is -0.303 e. The average molecular weight is 811 g/mol. The molecule has 0 aromatic rings. The smallest absolute Gasteiger partial charge is 0.303 e. The lowest BCUT2D eigenvalue weighted by Gasteiger charge is -2.42. The number of halogens is 12. The molecule has 0 radical (unpaired) electrons. The number of alkyl halides is 12. The van der Waals surface area contributed by atoms with Gasteiger partial charge in [-0.25, -0.2) is 4.57 Å². The van der Waals surface area contributed by atoms with Crippen molar-refractivity contribution in [3.63, 3.8) is 0 Å². The summed E-state index contributed by atoms with van der Waals surface area (Å²) in [6.45, 7) is 0. The average Bonchev–Trinajstić information content (AvgIpc) is 2.73. The highest BCUT2D eigenvalue weighted by Gasteiger charge is 2.49. The van der Waals surface area contributed by atoms with Crippen molar-refractivity contribution in [2.24, 2.45) is 0 Å². The number of hydrogen-bond acceptors (Lipinski definition) is 2. The third-order valence-electron chi connectivity index (χ3n) is 4.37. The van der Waals surface area contributed by atoms with Crippen LogP contribution >= 0.6 is 156 Å². The van der Waals surface area contributed by atoms with E-state index in [-0.39, 0.29) is 29.9 Å². The summed E-state index contributed by atoms with van der Waals surface area (Å²) in [6, 6.07) is 0. The molecular formula is C15H21Br2Cl10O4P. The van der Waals surface area contributed by atoms with E-state index in [1.807, 2.05) is 0 Å². The zero-order valence-electron chi connectivity index (χ0n) is 15.9. The molecule has 4 nitrogen and oxygen atoms in total. The van der Waals surface area contributed by atoms with Gasteiger partial charge in [0.05, 0.1) is 53.4 Å². The molecule has 0 aromatic carbocycles. The third kappa shape index (κ3) is 11.8. The number of rotatable bonds is 16. The zero-order chi connectivity index (χ0) is 25.4. The topological polar surface area (TPSA) is 66.8 Å². The van der Waals surface area contributed by atoms with Gasteiger partial charge >= 0.3 is 7.82 Å². The molecule has 9 unspecified atom stereocenters. The predicted octanol–water partition coefficient (Wildman–Crippen LogP) is 8.11. The van der Waals surface area contributed by atoms with Gasteiger partial charge in [-0.2, -0.15) is 0 Å². The molecule has 0 spiro atoms. The van der Waals surface area contributed by atoms with Crippen LogP contribution in [0.4, 0.5) is 0 Å². The van der Waals surface area contributed by atoms with Crippen LogP contribution in [-0.2, 0) is 9.09 Å². The first-order valence-corrected chi connectivity index (χ1v) is 16.9. The van der Waals surface area contributed by atoms with Crippen molar-refractivity contribution in [3.8, 4) is 0 Å². The minimum absolute atomic E-state index is 0.0180. The maximum Gasteiger partial charge on any atom is 0.470 e. The number of phosphoric acid groups is 1. The lowest BCUT2D eigenvalue weighted by Crippen LogP contribution is -2.50. The second kappa shape index (κ2) is 16.8. The summed E-state index contributed by atoms with van der Waals surface area (Å²) in [5.41, 5.74) is -1.65. The van der Waals surface area contributed by atoms with Gasteiger partial charge in [-0.15, -0.1) is 116 Å². The van der Waals surface area contributed by atoms with Gasteiger partial charge in [0.2, 0.25) is 0 Å². The van der Waals surface area contributed by atoms with Gasteiger partial charge in [0.15, 0.2) is 0 Å². The molecule has 0 rings (SSSR count). The van der Waals surface area contributed by atoms with E-state index in [4.69, 9.17) is 121 Å². The Labute approximate surface area is 255 Å². The lowest BCUT2D eigenvalue weighted by atomic mass is 9.86. The summed E-state index contributed by atoms with van der Waals surface area (Å²) >= 11 is 68.6. The quantitative estimate of drug-likeness (QED) is 0.122. The summed E-state index contributed by atoms with van der Waals surface area (Å²) in [5.74, 6) is 0.0359. The summed E-state index contributed by atoms with van der Waals surface area (Å²) in [4.78, 5) is 18.6. The van der Waals surface area contributed by atoms with Gasteiger partial charge in [-0.3, -0.25) is 4.52 Å². The Hall–Kier alpha value is 3.97. The Balaban J connectivity index is 6.04. The Morgan fingerprint density at radius 1 is 0.750 bits per heavy atom. The van der Waals surface area contributed by atoms with Crippen LogP contribution in [0.1, 0.15) is 12.8 Å². The second-order valence-corrected chi connectivity index (χ2v) is 14.6. The highest BCUT2D eigenvalue weighted by molar-refractivity contribution is 9.12. The fraction of sp³-hybridized carbons (Fsp3) is 1.00. The van der Waals surface area contributed by atoms with E-state index in [9.17, 15) is 14.4 Å². The van der Waals surface area contributed by atoms with E-state index in [1.165, 1.54) is 0 Å². The lowest BCUT2D eigenvalue weighted by molar-refractivity contribution is 0.0209. The van der Waals surface area contributed by atoms with E-state index >= 15 is 0 Å². The maximum absolute atomic E-state index is 11.9. The van der Waals surface area contributed by atoms with Crippen LogP contribution in [0.15, 0.2) is 0 Å². The Kier molecular flexibility index (Phi) is 18.9. The fourth-order valence-electron chi connectivity index (χ4n) is 2.70. The van der Waals surface area contributed by atoms with E-state index in [0.717, 1.165) is 0 Å². The molecule has 9 atom stereocenters. The molecule has 2 N–H and O–H groups in total.